The summed E-state index contributed by atoms with van der Waals surface area (Å²) < 4.78 is 11.0. The van der Waals surface area contributed by atoms with Crippen molar-refractivity contribution in [3.05, 3.63) is 0 Å². The minimum atomic E-state index is -1.11. The van der Waals surface area contributed by atoms with Gasteiger partial charge in [-0.3, -0.25) is 13.8 Å². The third-order valence-corrected chi connectivity index (χ3v) is 3.52. The van der Waals surface area contributed by atoms with Gasteiger partial charge in [0.2, 0.25) is 5.91 Å². The number of hydrogen-bond donors (Lipinski definition) is 3. The van der Waals surface area contributed by atoms with Crippen molar-refractivity contribution in [2.24, 2.45) is 5.73 Å². The summed E-state index contributed by atoms with van der Waals surface area (Å²) >= 11 is 0. The third kappa shape index (κ3) is 6.52. The number of rotatable bonds is 7. The zero-order chi connectivity index (χ0) is 12.7. The van der Waals surface area contributed by atoms with E-state index >= 15 is 0 Å². The van der Waals surface area contributed by atoms with Gasteiger partial charge >= 0.3 is 5.97 Å². The SMILES string of the molecule is CC(CCNC(=O)C(N)CC(=O)O)S(C)=O. The van der Waals surface area contributed by atoms with Crippen LogP contribution in [-0.4, -0.2) is 45.3 Å². The topological polar surface area (TPSA) is 109 Å². The van der Waals surface area contributed by atoms with Gasteiger partial charge in [0.25, 0.3) is 0 Å². The lowest BCUT2D eigenvalue weighted by Crippen LogP contribution is -2.42. The highest BCUT2D eigenvalue weighted by atomic mass is 32.2. The van der Waals surface area contributed by atoms with Crippen molar-refractivity contribution in [3.63, 3.8) is 0 Å². The first kappa shape index (κ1) is 15.0. The molecule has 94 valence electrons. The Labute approximate surface area is 97.0 Å². The van der Waals surface area contributed by atoms with E-state index in [0.717, 1.165) is 0 Å². The quantitative estimate of drug-likeness (QED) is 0.540. The number of carboxylic acid groups (broad SMARTS) is 1. The molecule has 16 heavy (non-hydrogen) atoms. The number of aliphatic carboxylic acids is 1. The Kier molecular flexibility index (Phi) is 6.91. The second-order valence-corrected chi connectivity index (χ2v) is 5.40. The van der Waals surface area contributed by atoms with Gasteiger partial charge in [-0.1, -0.05) is 6.92 Å². The van der Waals surface area contributed by atoms with Gasteiger partial charge in [-0.25, -0.2) is 0 Å². The minimum Gasteiger partial charge on any atom is -0.481 e. The van der Waals surface area contributed by atoms with E-state index in [1.165, 1.54) is 0 Å². The normalized spacial score (nSPS) is 16.2. The van der Waals surface area contributed by atoms with Gasteiger partial charge in [0.15, 0.2) is 0 Å². The molecule has 1 amide bonds. The molecule has 0 saturated carbocycles. The lowest BCUT2D eigenvalue weighted by Gasteiger charge is -2.12. The molecule has 0 fully saturated rings. The van der Waals surface area contributed by atoms with Crippen LogP contribution in [0.1, 0.15) is 19.8 Å². The Hall–Kier alpha value is -0.950. The summed E-state index contributed by atoms with van der Waals surface area (Å²) in [6.07, 6.45) is 1.79. The zero-order valence-corrected chi connectivity index (χ0v) is 10.3. The maximum Gasteiger partial charge on any atom is 0.305 e. The van der Waals surface area contributed by atoms with Crippen LogP contribution in [-0.2, 0) is 20.4 Å². The number of nitrogens with one attached hydrogen (secondary N) is 1. The van der Waals surface area contributed by atoms with Crippen molar-refractivity contribution >= 4 is 22.7 Å². The first-order valence-electron chi connectivity index (χ1n) is 4.92. The van der Waals surface area contributed by atoms with Crippen LogP contribution in [0.25, 0.3) is 0 Å². The molecule has 0 aliphatic rings. The van der Waals surface area contributed by atoms with Crippen LogP contribution in [0.15, 0.2) is 0 Å². The molecule has 7 heteroatoms. The summed E-state index contributed by atoms with van der Waals surface area (Å²) in [5, 5.41) is 10.9. The van der Waals surface area contributed by atoms with Gasteiger partial charge in [0.1, 0.15) is 0 Å². The van der Waals surface area contributed by atoms with Crippen LogP contribution in [0.3, 0.4) is 0 Å². The van der Waals surface area contributed by atoms with Crippen molar-refractivity contribution < 1.29 is 18.9 Å². The average molecular weight is 250 g/mol. The van der Waals surface area contributed by atoms with Crippen molar-refractivity contribution in [1.82, 2.24) is 5.32 Å². The first-order valence-corrected chi connectivity index (χ1v) is 6.54. The van der Waals surface area contributed by atoms with Crippen LogP contribution in [0.2, 0.25) is 0 Å². The molecule has 0 aliphatic heterocycles. The molecule has 0 spiro atoms. The molecule has 0 aromatic rings. The van der Waals surface area contributed by atoms with E-state index in [4.69, 9.17) is 10.8 Å². The second-order valence-electron chi connectivity index (χ2n) is 3.59. The lowest BCUT2D eigenvalue weighted by molar-refractivity contribution is -0.139. The molecule has 0 saturated heterocycles. The highest BCUT2D eigenvalue weighted by Gasteiger charge is 2.16. The summed E-state index contributed by atoms with van der Waals surface area (Å²) in [5.74, 6) is -1.60. The van der Waals surface area contributed by atoms with Gasteiger partial charge in [0.05, 0.1) is 12.5 Å². The van der Waals surface area contributed by atoms with Gasteiger partial charge < -0.3 is 16.2 Å². The fourth-order valence-electron chi connectivity index (χ4n) is 0.977. The number of amides is 1. The summed E-state index contributed by atoms with van der Waals surface area (Å²) in [6, 6.07) is -1.03. The van der Waals surface area contributed by atoms with E-state index in [1.54, 1.807) is 6.26 Å². The lowest BCUT2D eigenvalue weighted by atomic mass is 10.2. The Morgan fingerprint density at radius 3 is 2.50 bits per heavy atom. The van der Waals surface area contributed by atoms with Crippen LogP contribution in [0.4, 0.5) is 0 Å². The van der Waals surface area contributed by atoms with Crippen LogP contribution >= 0.6 is 0 Å². The van der Waals surface area contributed by atoms with Crippen molar-refractivity contribution in [2.45, 2.75) is 31.1 Å². The minimum absolute atomic E-state index is 0.00371. The van der Waals surface area contributed by atoms with Crippen molar-refractivity contribution in [2.75, 3.05) is 12.8 Å². The molecule has 3 unspecified atom stereocenters. The summed E-state index contributed by atoms with van der Waals surface area (Å²) in [5.41, 5.74) is 5.34. The molecule has 0 aromatic carbocycles. The third-order valence-electron chi connectivity index (χ3n) is 2.15. The largest absolute Gasteiger partial charge is 0.481 e. The van der Waals surface area contributed by atoms with E-state index in [-0.39, 0.29) is 11.7 Å². The zero-order valence-electron chi connectivity index (χ0n) is 9.43. The molecule has 0 heterocycles. The standard InChI is InChI=1S/C9H18N2O4S/c1-6(16(2)15)3-4-11-9(14)7(10)5-8(12)13/h6-7H,3-5,10H2,1-2H3,(H,11,14)(H,12,13). The van der Waals surface area contributed by atoms with Crippen molar-refractivity contribution in [1.29, 1.82) is 0 Å². The fourth-order valence-corrected chi connectivity index (χ4v) is 1.43. The molecular weight excluding hydrogens is 232 g/mol. The van der Waals surface area contributed by atoms with E-state index in [2.05, 4.69) is 5.32 Å². The maximum atomic E-state index is 11.3. The Balaban J connectivity index is 3.81. The molecule has 0 rings (SSSR count). The van der Waals surface area contributed by atoms with E-state index in [1.807, 2.05) is 6.92 Å². The number of hydrogen-bond acceptors (Lipinski definition) is 4. The van der Waals surface area contributed by atoms with Gasteiger partial charge in [0, 0.05) is 28.9 Å². The molecule has 0 aromatic heterocycles. The molecule has 0 radical (unpaired) electrons. The smallest absolute Gasteiger partial charge is 0.305 e. The molecule has 0 aliphatic carbocycles. The summed E-state index contributed by atoms with van der Waals surface area (Å²) in [6.45, 7) is 2.17. The van der Waals surface area contributed by atoms with Crippen LogP contribution in [0.5, 0.6) is 0 Å². The summed E-state index contributed by atoms with van der Waals surface area (Å²) in [7, 11) is -0.922. The molecule has 6 nitrogen and oxygen atoms in total. The Morgan fingerprint density at radius 1 is 1.50 bits per heavy atom. The predicted molar refractivity (Wildman–Crippen MR) is 61.4 cm³/mol. The highest BCUT2D eigenvalue weighted by molar-refractivity contribution is 7.84. The van der Waals surface area contributed by atoms with E-state index in [9.17, 15) is 13.8 Å². The number of carboxylic acids is 1. The second kappa shape index (κ2) is 7.34. The summed E-state index contributed by atoms with van der Waals surface area (Å²) in [4.78, 5) is 21.5. The molecule has 3 atom stereocenters. The maximum absolute atomic E-state index is 11.3. The monoisotopic (exact) mass is 250 g/mol. The first-order chi connectivity index (χ1) is 7.34. The van der Waals surface area contributed by atoms with E-state index < -0.39 is 28.7 Å². The average Bonchev–Trinajstić information content (AvgIpc) is 2.15. The van der Waals surface area contributed by atoms with E-state index in [0.29, 0.717) is 13.0 Å². The molecular formula is C9H18N2O4S. The number of carbonyl (C=O) groups excluding carboxylic acids is 1. The predicted octanol–water partition coefficient (Wildman–Crippen LogP) is -0.938. The van der Waals surface area contributed by atoms with Crippen molar-refractivity contribution in [3.8, 4) is 0 Å². The number of carbonyl (C=O) groups is 2. The highest BCUT2D eigenvalue weighted by Crippen LogP contribution is 1.97. The molecule has 4 N–H and O–H groups in total. The van der Waals surface area contributed by atoms with Gasteiger partial charge in [-0.05, 0) is 6.42 Å². The Morgan fingerprint density at radius 2 is 2.06 bits per heavy atom. The van der Waals surface area contributed by atoms with Gasteiger partial charge in [-0.2, -0.15) is 0 Å². The fraction of sp³-hybridized carbons (Fsp3) is 0.778. The number of nitrogens with two attached hydrogens (primary N) is 1. The van der Waals surface area contributed by atoms with Crippen LogP contribution in [0, 0.1) is 0 Å². The molecule has 0 bridgehead atoms. The Bertz CT molecular complexity index is 283. The van der Waals surface area contributed by atoms with Gasteiger partial charge in [-0.15, -0.1) is 0 Å². The van der Waals surface area contributed by atoms with Crippen LogP contribution < -0.4 is 11.1 Å².